The van der Waals surface area contributed by atoms with Gasteiger partial charge in [0, 0.05) is 16.1 Å². The summed E-state index contributed by atoms with van der Waals surface area (Å²) in [7, 11) is 0. The third-order valence-corrected chi connectivity index (χ3v) is 3.24. The van der Waals surface area contributed by atoms with Crippen LogP contribution in [0.4, 0.5) is 5.69 Å². The zero-order chi connectivity index (χ0) is 15.4. The van der Waals surface area contributed by atoms with Crippen molar-refractivity contribution in [2.45, 2.75) is 6.61 Å². The molecule has 0 bridgehead atoms. The van der Waals surface area contributed by atoms with Crippen molar-refractivity contribution in [3.8, 4) is 5.75 Å². The number of nitrogens with one attached hydrogen (secondary N) is 1. The lowest BCUT2D eigenvalue weighted by atomic mass is 10.1. The van der Waals surface area contributed by atoms with Crippen molar-refractivity contribution in [1.82, 2.24) is 0 Å². The molecule has 0 aromatic heterocycles. The van der Waals surface area contributed by atoms with Crippen LogP contribution in [0, 0.1) is 15.5 Å². The zero-order valence-corrected chi connectivity index (χ0v) is 12.5. The van der Waals surface area contributed by atoms with Crippen LogP contribution in [0.3, 0.4) is 0 Å². The summed E-state index contributed by atoms with van der Waals surface area (Å²) in [6.45, 7) is 0.156. The van der Waals surface area contributed by atoms with Crippen LogP contribution in [0.1, 0.15) is 11.1 Å². The van der Waals surface area contributed by atoms with Crippen LogP contribution in [0.2, 0.25) is 0 Å². The lowest BCUT2D eigenvalue weighted by molar-refractivity contribution is -0.386. The maximum absolute atomic E-state index is 11.0. The van der Waals surface area contributed by atoms with Crippen LogP contribution >= 0.6 is 15.9 Å². The number of nitro groups is 1. The second-order valence-corrected chi connectivity index (χ2v) is 5.19. The number of nitrogen functional groups attached to an aromatic ring is 1. The molecule has 0 saturated carbocycles. The molecule has 0 atom stereocenters. The molecular weight excluding hydrogens is 338 g/mol. The van der Waals surface area contributed by atoms with E-state index in [1.165, 1.54) is 12.1 Å². The van der Waals surface area contributed by atoms with Crippen molar-refractivity contribution in [3.05, 3.63) is 68.2 Å². The van der Waals surface area contributed by atoms with Crippen molar-refractivity contribution in [3.63, 3.8) is 0 Å². The van der Waals surface area contributed by atoms with E-state index in [-0.39, 0.29) is 23.9 Å². The molecule has 0 radical (unpaired) electrons. The number of rotatable bonds is 5. The summed E-state index contributed by atoms with van der Waals surface area (Å²) in [5.74, 6) is 0.155. The second kappa shape index (κ2) is 6.36. The van der Waals surface area contributed by atoms with Gasteiger partial charge < -0.3 is 10.5 Å². The standard InChI is InChI=1S/C14H12BrN3O3/c15-11-4-5-13(12(7-11)18(19)20)21-8-9-2-1-3-10(6-9)14(16)17/h1-7H,8H2,(H3,16,17). The molecule has 0 saturated heterocycles. The number of amidine groups is 1. The predicted molar refractivity (Wildman–Crippen MR) is 82.6 cm³/mol. The minimum Gasteiger partial charge on any atom is -0.482 e. The van der Waals surface area contributed by atoms with E-state index in [1.807, 2.05) is 0 Å². The highest BCUT2D eigenvalue weighted by molar-refractivity contribution is 9.10. The predicted octanol–water partition coefficient (Wildman–Crippen LogP) is 3.22. The summed E-state index contributed by atoms with van der Waals surface area (Å²) in [6, 6.07) is 11.6. The van der Waals surface area contributed by atoms with E-state index in [0.29, 0.717) is 10.0 Å². The third kappa shape index (κ3) is 3.79. The highest BCUT2D eigenvalue weighted by Crippen LogP contribution is 2.30. The number of hydrogen-bond donors (Lipinski definition) is 2. The molecular formula is C14H12BrN3O3. The molecule has 6 nitrogen and oxygen atoms in total. The number of nitrogens with two attached hydrogens (primary N) is 1. The lowest BCUT2D eigenvalue weighted by Crippen LogP contribution is -2.11. The van der Waals surface area contributed by atoms with Gasteiger partial charge >= 0.3 is 5.69 Å². The molecule has 2 rings (SSSR count). The van der Waals surface area contributed by atoms with Gasteiger partial charge in [-0.15, -0.1) is 0 Å². The molecule has 0 fully saturated rings. The molecule has 0 aliphatic rings. The largest absolute Gasteiger partial charge is 0.482 e. The normalized spacial score (nSPS) is 10.1. The van der Waals surface area contributed by atoms with E-state index in [2.05, 4.69) is 15.9 Å². The molecule has 0 aliphatic heterocycles. The molecule has 2 aromatic carbocycles. The maximum atomic E-state index is 11.0. The summed E-state index contributed by atoms with van der Waals surface area (Å²) in [6.07, 6.45) is 0. The van der Waals surface area contributed by atoms with E-state index in [9.17, 15) is 10.1 Å². The zero-order valence-electron chi connectivity index (χ0n) is 10.9. The number of benzene rings is 2. The first kappa shape index (κ1) is 15.0. The van der Waals surface area contributed by atoms with Crippen molar-refractivity contribution in [2.24, 2.45) is 5.73 Å². The van der Waals surface area contributed by atoms with E-state index in [0.717, 1.165) is 5.56 Å². The fourth-order valence-electron chi connectivity index (χ4n) is 1.74. The molecule has 0 heterocycles. The smallest absolute Gasteiger partial charge is 0.312 e. The van der Waals surface area contributed by atoms with E-state index in [1.54, 1.807) is 30.3 Å². The van der Waals surface area contributed by atoms with Crippen molar-refractivity contribution >= 4 is 27.5 Å². The molecule has 0 amide bonds. The Kier molecular flexibility index (Phi) is 4.54. The summed E-state index contributed by atoms with van der Waals surface area (Å²) >= 11 is 3.19. The highest BCUT2D eigenvalue weighted by atomic mass is 79.9. The number of hydrogen-bond acceptors (Lipinski definition) is 4. The van der Waals surface area contributed by atoms with Crippen LogP contribution in [0.15, 0.2) is 46.9 Å². The van der Waals surface area contributed by atoms with Crippen LogP contribution in [0.25, 0.3) is 0 Å². The van der Waals surface area contributed by atoms with Gasteiger partial charge in [0.15, 0.2) is 5.75 Å². The first-order valence-electron chi connectivity index (χ1n) is 5.97. The van der Waals surface area contributed by atoms with E-state index < -0.39 is 4.92 Å². The Balaban J connectivity index is 2.18. The number of halogens is 1. The fraction of sp³-hybridized carbons (Fsp3) is 0.0714. The van der Waals surface area contributed by atoms with Gasteiger partial charge in [0.05, 0.1) is 4.92 Å². The SMILES string of the molecule is N=C(N)c1cccc(COc2ccc(Br)cc2[N+](=O)[O-])c1. The summed E-state index contributed by atoms with van der Waals surface area (Å²) in [5, 5.41) is 18.4. The fourth-order valence-corrected chi connectivity index (χ4v) is 2.09. The topological polar surface area (TPSA) is 102 Å². The van der Waals surface area contributed by atoms with Crippen molar-refractivity contribution in [1.29, 1.82) is 5.41 Å². The number of nitro benzene ring substituents is 1. The Morgan fingerprint density at radius 2 is 2.10 bits per heavy atom. The molecule has 108 valence electrons. The average Bonchev–Trinajstić information content (AvgIpc) is 2.46. The highest BCUT2D eigenvalue weighted by Gasteiger charge is 2.15. The van der Waals surface area contributed by atoms with Gasteiger partial charge in [-0.05, 0) is 23.8 Å². The minimum atomic E-state index is -0.494. The monoisotopic (exact) mass is 349 g/mol. The second-order valence-electron chi connectivity index (χ2n) is 4.27. The maximum Gasteiger partial charge on any atom is 0.312 e. The van der Waals surface area contributed by atoms with Crippen LogP contribution < -0.4 is 10.5 Å². The first-order chi connectivity index (χ1) is 9.97. The Bertz CT molecular complexity index is 704. The summed E-state index contributed by atoms with van der Waals surface area (Å²) in [5.41, 5.74) is 6.68. The molecule has 0 spiro atoms. The first-order valence-corrected chi connectivity index (χ1v) is 6.77. The van der Waals surface area contributed by atoms with Crippen molar-refractivity contribution < 1.29 is 9.66 Å². The van der Waals surface area contributed by atoms with Gasteiger partial charge in [-0.3, -0.25) is 15.5 Å². The van der Waals surface area contributed by atoms with Gasteiger partial charge in [-0.25, -0.2) is 0 Å². The van der Waals surface area contributed by atoms with Crippen LogP contribution in [-0.4, -0.2) is 10.8 Å². The van der Waals surface area contributed by atoms with E-state index in [4.69, 9.17) is 15.9 Å². The Labute approximate surface area is 129 Å². The van der Waals surface area contributed by atoms with Gasteiger partial charge in [0.1, 0.15) is 12.4 Å². The molecule has 21 heavy (non-hydrogen) atoms. The molecule has 3 N–H and O–H groups in total. The van der Waals surface area contributed by atoms with E-state index >= 15 is 0 Å². The lowest BCUT2D eigenvalue weighted by Gasteiger charge is -2.08. The van der Waals surface area contributed by atoms with Gasteiger partial charge in [0.2, 0.25) is 0 Å². The van der Waals surface area contributed by atoms with Crippen LogP contribution in [0.5, 0.6) is 5.75 Å². The van der Waals surface area contributed by atoms with Gasteiger partial charge in [-0.1, -0.05) is 34.1 Å². The van der Waals surface area contributed by atoms with Crippen LogP contribution in [-0.2, 0) is 6.61 Å². The number of nitrogens with zero attached hydrogens (tertiary/aromatic N) is 1. The average molecular weight is 350 g/mol. The Morgan fingerprint density at radius 1 is 1.33 bits per heavy atom. The quantitative estimate of drug-likeness (QED) is 0.374. The molecule has 0 unspecified atom stereocenters. The molecule has 0 aliphatic carbocycles. The van der Waals surface area contributed by atoms with Gasteiger partial charge in [0.25, 0.3) is 0 Å². The summed E-state index contributed by atoms with van der Waals surface area (Å²) < 4.78 is 6.11. The van der Waals surface area contributed by atoms with Crippen molar-refractivity contribution in [2.75, 3.05) is 0 Å². The number of ether oxygens (including phenoxy) is 1. The minimum absolute atomic E-state index is 0.0357. The third-order valence-electron chi connectivity index (χ3n) is 2.75. The molecule has 7 heteroatoms. The summed E-state index contributed by atoms with van der Waals surface area (Å²) in [4.78, 5) is 10.5. The molecule has 2 aromatic rings. The Morgan fingerprint density at radius 3 is 2.76 bits per heavy atom. The Hall–Kier alpha value is -2.41. The van der Waals surface area contributed by atoms with Gasteiger partial charge in [-0.2, -0.15) is 0 Å².